The quantitative estimate of drug-likeness (QED) is 0.465. The third-order valence-electron chi connectivity index (χ3n) is 1.87. The lowest BCUT2D eigenvalue weighted by molar-refractivity contribution is -0.140. The Morgan fingerprint density at radius 3 is 2.21 bits per heavy atom. The highest BCUT2D eigenvalue weighted by molar-refractivity contribution is 5.86. The van der Waals surface area contributed by atoms with Crippen molar-refractivity contribution in [3.63, 3.8) is 0 Å². The summed E-state index contributed by atoms with van der Waals surface area (Å²) < 4.78 is 4.91. The summed E-state index contributed by atoms with van der Waals surface area (Å²) >= 11 is 0. The Bertz CT molecular complexity index is 183. The largest absolute Gasteiger partial charge is 0.462 e. The van der Waals surface area contributed by atoms with Crippen LogP contribution in [0, 0.1) is 5.92 Å². The molecule has 0 spiro atoms. The summed E-state index contributed by atoms with van der Waals surface area (Å²) in [6.07, 6.45) is 1.06. The van der Waals surface area contributed by atoms with Gasteiger partial charge in [-0.05, 0) is 25.7 Å². The van der Waals surface area contributed by atoms with Crippen LogP contribution in [0.25, 0.3) is 0 Å². The first kappa shape index (κ1) is 13.1. The van der Waals surface area contributed by atoms with E-state index in [2.05, 4.69) is 6.58 Å². The first-order valence-electron chi connectivity index (χ1n) is 4.66. The van der Waals surface area contributed by atoms with Gasteiger partial charge < -0.3 is 14.9 Å². The van der Waals surface area contributed by atoms with Crippen LogP contribution in [0.15, 0.2) is 12.2 Å². The smallest absolute Gasteiger partial charge is 0.333 e. The van der Waals surface area contributed by atoms with Crippen LogP contribution >= 0.6 is 0 Å². The van der Waals surface area contributed by atoms with Crippen molar-refractivity contribution in [2.75, 3.05) is 19.8 Å². The summed E-state index contributed by atoms with van der Waals surface area (Å²) in [6, 6.07) is 0. The second kappa shape index (κ2) is 7.53. The van der Waals surface area contributed by atoms with Gasteiger partial charge in [-0.15, -0.1) is 0 Å². The van der Waals surface area contributed by atoms with Gasteiger partial charge in [0.15, 0.2) is 0 Å². The van der Waals surface area contributed by atoms with E-state index in [0.717, 1.165) is 0 Å². The minimum absolute atomic E-state index is 0.0216. The Hall–Kier alpha value is -0.870. The number of hydrogen-bond acceptors (Lipinski definition) is 4. The van der Waals surface area contributed by atoms with E-state index in [9.17, 15) is 4.79 Å². The number of aliphatic hydroxyl groups is 2. The monoisotopic (exact) mass is 202 g/mol. The summed E-state index contributed by atoms with van der Waals surface area (Å²) in [5.41, 5.74) is 0.358. The molecule has 82 valence electrons. The van der Waals surface area contributed by atoms with E-state index < -0.39 is 5.97 Å². The van der Waals surface area contributed by atoms with Crippen LogP contribution in [0.2, 0.25) is 0 Å². The second-order valence-electron chi connectivity index (χ2n) is 3.27. The van der Waals surface area contributed by atoms with Crippen LogP contribution in [-0.4, -0.2) is 36.0 Å². The van der Waals surface area contributed by atoms with Gasteiger partial charge in [-0.3, -0.25) is 0 Å². The lowest BCUT2D eigenvalue weighted by Gasteiger charge is -2.14. The maximum atomic E-state index is 11.0. The third-order valence-corrected chi connectivity index (χ3v) is 1.87. The first-order valence-corrected chi connectivity index (χ1v) is 4.66. The molecule has 0 aromatic rings. The van der Waals surface area contributed by atoms with E-state index in [1.54, 1.807) is 6.92 Å². The highest BCUT2D eigenvalue weighted by Gasteiger charge is 2.11. The molecule has 2 N–H and O–H groups in total. The Morgan fingerprint density at radius 1 is 1.36 bits per heavy atom. The average molecular weight is 202 g/mol. The maximum Gasteiger partial charge on any atom is 0.333 e. The molecule has 0 aliphatic rings. The zero-order valence-corrected chi connectivity index (χ0v) is 8.53. The van der Waals surface area contributed by atoms with Gasteiger partial charge in [0.25, 0.3) is 0 Å². The molecule has 0 aromatic carbocycles. The second-order valence-corrected chi connectivity index (χ2v) is 3.27. The van der Waals surface area contributed by atoms with Gasteiger partial charge in [0.1, 0.15) is 0 Å². The molecule has 0 unspecified atom stereocenters. The number of ether oxygens (including phenoxy) is 1. The van der Waals surface area contributed by atoms with Gasteiger partial charge in [0.2, 0.25) is 0 Å². The molecule has 0 aliphatic heterocycles. The van der Waals surface area contributed by atoms with E-state index in [0.29, 0.717) is 18.4 Å². The molecule has 0 aliphatic carbocycles. The van der Waals surface area contributed by atoms with E-state index >= 15 is 0 Å². The van der Waals surface area contributed by atoms with Gasteiger partial charge in [0.05, 0.1) is 6.61 Å². The highest BCUT2D eigenvalue weighted by atomic mass is 16.5. The molecule has 0 atom stereocenters. The topological polar surface area (TPSA) is 66.8 Å². The minimum atomic E-state index is -0.425. The molecule has 0 radical (unpaired) electrons. The van der Waals surface area contributed by atoms with Crippen LogP contribution in [0.5, 0.6) is 0 Å². The molecule has 4 heteroatoms. The fourth-order valence-corrected chi connectivity index (χ4v) is 0.993. The normalized spacial score (nSPS) is 10.3. The number of aliphatic hydroxyl groups excluding tert-OH is 2. The van der Waals surface area contributed by atoms with Gasteiger partial charge in [0, 0.05) is 18.8 Å². The number of carbonyl (C=O) groups is 1. The maximum absolute atomic E-state index is 11.0. The van der Waals surface area contributed by atoms with Gasteiger partial charge in [-0.2, -0.15) is 0 Å². The van der Waals surface area contributed by atoms with E-state index in [4.69, 9.17) is 14.9 Å². The van der Waals surface area contributed by atoms with Gasteiger partial charge >= 0.3 is 5.97 Å². The summed E-state index contributed by atoms with van der Waals surface area (Å²) in [7, 11) is 0. The fraction of sp³-hybridized carbons (Fsp3) is 0.700. The van der Waals surface area contributed by atoms with Crippen molar-refractivity contribution in [2.45, 2.75) is 19.8 Å². The molecule has 0 amide bonds. The number of carbonyl (C=O) groups excluding carboxylic acids is 1. The van der Waals surface area contributed by atoms with Crippen molar-refractivity contribution in [1.82, 2.24) is 0 Å². The predicted molar refractivity (Wildman–Crippen MR) is 52.7 cm³/mol. The van der Waals surface area contributed by atoms with Crippen LogP contribution in [0.3, 0.4) is 0 Å². The van der Waals surface area contributed by atoms with Crippen LogP contribution in [0.1, 0.15) is 19.8 Å². The molecule has 0 saturated carbocycles. The molecule has 0 aromatic heterocycles. The van der Waals surface area contributed by atoms with E-state index in [1.165, 1.54) is 0 Å². The van der Waals surface area contributed by atoms with Crippen LogP contribution in [0.4, 0.5) is 0 Å². The van der Waals surface area contributed by atoms with Gasteiger partial charge in [-0.1, -0.05) is 6.58 Å². The minimum Gasteiger partial charge on any atom is -0.462 e. The molecule has 0 fully saturated rings. The summed E-state index contributed by atoms with van der Waals surface area (Å²) in [5, 5.41) is 17.4. The zero-order chi connectivity index (χ0) is 11.0. The standard InChI is InChI=1S/C10H18O4/c1-8(2)10(13)14-7-9(3-5-11)4-6-12/h9,11-12H,1,3-7H2,2H3. The molecule has 0 rings (SSSR count). The molecule has 0 heterocycles. The van der Waals surface area contributed by atoms with Crippen molar-refractivity contribution in [2.24, 2.45) is 5.92 Å². The van der Waals surface area contributed by atoms with Crippen LogP contribution in [-0.2, 0) is 9.53 Å². The Labute approximate surface area is 84.2 Å². The summed E-state index contributed by atoms with van der Waals surface area (Å²) in [4.78, 5) is 11.0. The molecular weight excluding hydrogens is 184 g/mol. The summed E-state index contributed by atoms with van der Waals surface area (Å²) in [5.74, 6) is -0.404. The van der Waals surface area contributed by atoms with Crippen molar-refractivity contribution >= 4 is 5.97 Å². The Balaban J connectivity index is 3.80. The zero-order valence-electron chi connectivity index (χ0n) is 8.53. The number of rotatable bonds is 7. The van der Waals surface area contributed by atoms with Crippen molar-refractivity contribution < 1.29 is 19.7 Å². The lowest BCUT2D eigenvalue weighted by atomic mass is 10.0. The summed E-state index contributed by atoms with van der Waals surface area (Å²) in [6.45, 7) is 5.33. The van der Waals surface area contributed by atoms with Crippen molar-refractivity contribution in [3.05, 3.63) is 12.2 Å². The van der Waals surface area contributed by atoms with Crippen molar-refractivity contribution in [1.29, 1.82) is 0 Å². The third kappa shape index (κ3) is 5.72. The van der Waals surface area contributed by atoms with Gasteiger partial charge in [-0.25, -0.2) is 4.79 Å². The Kier molecular flexibility index (Phi) is 7.06. The fourth-order valence-electron chi connectivity index (χ4n) is 0.993. The number of hydrogen-bond donors (Lipinski definition) is 2. The predicted octanol–water partition coefficient (Wildman–Crippen LogP) is 0.487. The van der Waals surface area contributed by atoms with E-state index in [1.807, 2.05) is 0 Å². The Morgan fingerprint density at radius 2 is 1.86 bits per heavy atom. The molecule has 4 nitrogen and oxygen atoms in total. The highest BCUT2D eigenvalue weighted by Crippen LogP contribution is 2.09. The van der Waals surface area contributed by atoms with Crippen LogP contribution < -0.4 is 0 Å². The van der Waals surface area contributed by atoms with E-state index in [-0.39, 0.29) is 25.7 Å². The lowest BCUT2D eigenvalue weighted by Crippen LogP contribution is -2.16. The SMILES string of the molecule is C=C(C)C(=O)OCC(CCO)CCO. The molecule has 0 saturated heterocycles. The molecular formula is C10H18O4. The molecule has 14 heavy (non-hydrogen) atoms. The average Bonchev–Trinajstić information content (AvgIpc) is 2.14. The first-order chi connectivity index (χ1) is 6.61. The number of esters is 1. The van der Waals surface area contributed by atoms with Crippen molar-refractivity contribution in [3.8, 4) is 0 Å². The molecule has 0 bridgehead atoms.